The van der Waals surface area contributed by atoms with Gasteiger partial charge in [-0.05, 0) is 26.8 Å². The van der Waals surface area contributed by atoms with Gasteiger partial charge >= 0.3 is 0 Å². The van der Waals surface area contributed by atoms with Crippen molar-refractivity contribution in [2.75, 3.05) is 6.54 Å². The second-order valence-corrected chi connectivity index (χ2v) is 4.60. The second kappa shape index (κ2) is 5.22. The molecule has 0 unspecified atom stereocenters. The highest BCUT2D eigenvalue weighted by atomic mass is 16.2. The Bertz CT molecular complexity index is 674. The highest BCUT2D eigenvalue weighted by Crippen LogP contribution is 2.14. The smallest absolute Gasteiger partial charge is 0.274 e. The lowest BCUT2D eigenvalue weighted by Gasteiger charge is -2.12. The summed E-state index contributed by atoms with van der Waals surface area (Å²) < 4.78 is 1.35. The molecule has 2 aromatic rings. The van der Waals surface area contributed by atoms with Crippen molar-refractivity contribution < 1.29 is 4.79 Å². The molecule has 5 heteroatoms. The van der Waals surface area contributed by atoms with Gasteiger partial charge in [0.25, 0.3) is 11.5 Å². The van der Waals surface area contributed by atoms with Gasteiger partial charge in [-0.1, -0.05) is 18.2 Å². The van der Waals surface area contributed by atoms with Gasteiger partial charge in [-0.15, -0.1) is 0 Å². The lowest BCUT2D eigenvalue weighted by molar-refractivity contribution is 0.0950. The van der Waals surface area contributed by atoms with Crippen LogP contribution in [0.25, 0.3) is 10.8 Å². The van der Waals surface area contributed by atoms with Crippen molar-refractivity contribution in [3.05, 3.63) is 40.3 Å². The van der Waals surface area contributed by atoms with Crippen LogP contribution >= 0.6 is 0 Å². The number of rotatable bonds is 3. The third-order valence-corrected chi connectivity index (χ3v) is 2.87. The highest BCUT2D eigenvalue weighted by Gasteiger charge is 2.16. The van der Waals surface area contributed by atoms with Crippen LogP contribution in [0.3, 0.4) is 0 Å². The van der Waals surface area contributed by atoms with Crippen molar-refractivity contribution >= 4 is 16.7 Å². The van der Waals surface area contributed by atoms with E-state index in [4.69, 9.17) is 0 Å². The van der Waals surface area contributed by atoms with E-state index in [1.165, 1.54) is 4.68 Å². The molecule has 0 aliphatic heterocycles. The van der Waals surface area contributed by atoms with E-state index in [9.17, 15) is 9.59 Å². The Balaban J connectivity index is 2.79. The van der Waals surface area contributed by atoms with E-state index in [0.717, 1.165) is 0 Å². The third-order valence-electron chi connectivity index (χ3n) is 2.87. The molecule has 0 aliphatic carbocycles. The maximum Gasteiger partial charge on any atom is 0.274 e. The van der Waals surface area contributed by atoms with Crippen molar-refractivity contribution in [2.24, 2.45) is 0 Å². The molecule has 100 valence electrons. The monoisotopic (exact) mass is 259 g/mol. The summed E-state index contributed by atoms with van der Waals surface area (Å²) in [7, 11) is 0. The van der Waals surface area contributed by atoms with Gasteiger partial charge in [0.05, 0.1) is 11.4 Å². The summed E-state index contributed by atoms with van der Waals surface area (Å²) in [6.07, 6.45) is 0. The number of benzene rings is 1. The maximum atomic E-state index is 12.3. The second-order valence-electron chi connectivity index (χ2n) is 4.60. The number of carbonyl (C=O) groups excluding carboxylic acids is 1. The average molecular weight is 259 g/mol. The lowest BCUT2D eigenvalue weighted by atomic mass is 10.1. The molecule has 5 nitrogen and oxygen atoms in total. The predicted octanol–water partition coefficient (Wildman–Crippen LogP) is 1.73. The number of fused-ring (bicyclic) bond motifs is 1. The first-order valence-electron chi connectivity index (χ1n) is 6.36. The van der Waals surface area contributed by atoms with Crippen molar-refractivity contribution in [1.82, 2.24) is 15.1 Å². The van der Waals surface area contributed by atoms with Crippen LogP contribution in [-0.2, 0) is 0 Å². The molecule has 1 aromatic carbocycles. The van der Waals surface area contributed by atoms with E-state index in [0.29, 0.717) is 23.0 Å². The van der Waals surface area contributed by atoms with Crippen molar-refractivity contribution in [3.63, 3.8) is 0 Å². The number of amides is 1. The first-order chi connectivity index (χ1) is 9.06. The molecule has 2 rings (SSSR count). The molecule has 0 bridgehead atoms. The maximum absolute atomic E-state index is 12.3. The molecule has 0 atom stereocenters. The third kappa shape index (κ3) is 2.36. The van der Waals surface area contributed by atoms with Gasteiger partial charge in [-0.3, -0.25) is 9.59 Å². The van der Waals surface area contributed by atoms with E-state index < -0.39 is 0 Å². The molecule has 0 spiro atoms. The molecule has 1 amide bonds. The predicted molar refractivity (Wildman–Crippen MR) is 74.4 cm³/mol. The largest absolute Gasteiger partial charge is 0.351 e. The van der Waals surface area contributed by atoms with E-state index in [1.807, 2.05) is 20.8 Å². The van der Waals surface area contributed by atoms with E-state index in [1.54, 1.807) is 24.3 Å². The lowest BCUT2D eigenvalue weighted by Crippen LogP contribution is -2.31. The van der Waals surface area contributed by atoms with Crippen molar-refractivity contribution in [2.45, 2.75) is 26.8 Å². The Hall–Kier alpha value is -2.17. The molecule has 1 heterocycles. The fraction of sp³-hybridized carbons (Fsp3) is 0.357. The Labute approximate surface area is 111 Å². The van der Waals surface area contributed by atoms with Gasteiger partial charge in [0.1, 0.15) is 0 Å². The van der Waals surface area contributed by atoms with Crippen LogP contribution in [-0.4, -0.2) is 22.2 Å². The zero-order chi connectivity index (χ0) is 14.0. The zero-order valence-corrected chi connectivity index (χ0v) is 11.3. The van der Waals surface area contributed by atoms with Crippen molar-refractivity contribution in [3.8, 4) is 0 Å². The quantitative estimate of drug-likeness (QED) is 0.913. The van der Waals surface area contributed by atoms with Gasteiger partial charge < -0.3 is 5.32 Å². The summed E-state index contributed by atoms with van der Waals surface area (Å²) >= 11 is 0. The van der Waals surface area contributed by atoms with Crippen LogP contribution in [0.4, 0.5) is 0 Å². The van der Waals surface area contributed by atoms with Crippen LogP contribution in [0.5, 0.6) is 0 Å². The molecular formula is C14H17N3O2. The minimum absolute atomic E-state index is 0.0923. The number of hydrogen-bond acceptors (Lipinski definition) is 3. The number of nitrogens with zero attached hydrogens (tertiary/aromatic N) is 2. The van der Waals surface area contributed by atoms with Crippen LogP contribution in [0, 0.1) is 0 Å². The number of carbonyl (C=O) groups is 1. The van der Waals surface area contributed by atoms with Crippen LogP contribution in [0.15, 0.2) is 29.1 Å². The standard InChI is InChI=1S/C14H17N3O2/c1-4-15-13(18)12-10-7-5-6-8-11(10)14(19)17(16-12)9(2)3/h5-9H,4H2,1-3H3,(H,15,18). The van der Waals surface area contributed by atoms with Crippen LogP contribution in [0.1, 0.15) is 37.3 Å². The van der Waals surface area contributed by atoms with Gasteiger partial charge in [-0.25, -0.2) is 4.68 Å². The SMILES string of the molecule is CCNC(=O)c1nn(C(C)C)c(=O)c2ccccc12. The Morgan fingerprint density at radius 1 is 1.32 bits per heavy atom. The molecule has 0 saturated carbocycles. The molecule has 1 N–H and O–H groups in total. The summed E-state index contributed by atoms with van der Waals surface area (Å²) in [5, 5.41) is 8.05. The first kappa shape index (κ1) is 13.3. The summed E-state index contributed by atoms with van der Waals surface area (Å²) in [4.78, 5) is 24.3. The first-order valence-corrected chi connectivity index (χ1v) is 6.36. The molecular weight excluding hydrogens is 242 g/mol. The molecule has 1 aromatic heterocycles. The summed E-state index contributed by atoms with van der Waals surface area (Å²) in [6.45, 7) is 6.10. The van der Waals surface area contributed by atoms with Crippen molar-refractivity contribution in [1.29, 1.82) is 0 Å². The summed E-state index contributed by atoms with van der Waals surface area (Å²) in [5.74, 6) is -0.256. The highest BCUT2D eigenvalue weighted by molar-refractivity contribution is 6.04. The topological polar surface area (TPSA) is 64.0 Å². The number of nitrogens with one attached hydrogen (secondary N) is 1. The summed E-state index contributed by atoms with van der Waals surface area (Å²) in [5.41, 5.74) is 0.129. The van der Waals surface area contributed by atoms with Gasteiger partial charge in [0.15, 0.2) is 5.69 Å². The Morgan fingerprint density at radius 3 is 2.53 bits per heavy atom. The molecule has 0 fully saturated rings. The molecule has 0 aliphatic rings. The van der Waals surface area contributed by atoms with Gasteiger partial charge in [-0.2, -0.15) is 5.10 Å². The van der Waals surface area contributed by atoms with Gasteiger partial charge in [0, 0.05) is 11.9 Å². The fourth-order valence-electron chi connectivity index (χ4n) is 1.97. The molecule has 19 heavy (non-hydrogen) atoms. The van der Waals surface area contributed by atoms with Crippen LogP contribution in [0.2, 0.25) is 0 Å². The summed E-state index contributed by atoms with van der Waals surface area (Å²) in [6, 6.07) is 6.96. The minimum Gasteiger partial charge on any atom is -0.351 e. The Kier molecular flexibility index (Phi) is 3.64. The van der Waals surface area contributed by atoms with E-state index >= 15 is 0 Å². The molecule has 0 saturated heterocycles. The molecule has 0 radical (unpaired) electrons. The fourth-order valence-corrected chi connectivity index (χ4v) is 1.97. The number of hydrogen-bond donors (Lipinski definition) is 1. The van der Waals surface area contributed by atoms with Crippen LogP contribution < -0.4 is 10.9 Å². The Morgan fingerprint density at radius 2 is 1.95 bits per heavy atom. The van der Waals surface area contributed by atoms with E-state index in [-0.39, 0.29) is 17.5 Å². The van der Waals surface area contributed by atoms with Gasteiger partial charge in [0.2, 0.25) is 0 Å². The number of aromatic nitrogens is 2. The van der Waals surface area contributed by atoms with E-state index in [2.05, 4.69) is 10.4 Å². The average Bonchev–Trinajstić information content (AvgIpc) is 2.39. The normalized spacial score (nSPS) is 10.9. The minimum atomic E-state index is -0.256. The zero-order valence-electron chi connectivity index (χ0n) is 11.3.